The van der Waals surface area contributed by atoms with Crippen LogP contribution in [0, 0.1) is 11.8 Å². The number of anilines is 2. The third-order valence-corrected chi connectivity index (χ3v) is 8.25. The molecule has 2 aromatic rings. The highest BCUT2D eigenvalue weighted by atomic mass is 32.2. The van der Waals surface area contributed by atoms with Gasteiger partial charge in [0.05, 0.1) is 22.4 Å². The number of sulfonamides is 1. The molecule has 2 aromatic carbocycles. The zero-order valence-electron chi connectivity index (χ0n) is 16.9. The quantitative estimate of drug-likeness (QED) is 0.648. The van der Waals surface area contributed by atoms with E-state index < -0.39 is 33.3 Å². The molecule has 3 amide bonds. The lowest BCUT2D eigenvalue weighted by Crippen LogP contribution is -2.54. The van der Waals surface area contributed by atoms with Crippen molar-refractivity contribution in [2.24, 2.45) is 17.0 Å². The van der Waals surface area contributed by atoms with E-state index >= 15 is 0 Å². The summed E-state index contributed by atoms with van der Waals surface area (Å²) in [7, 11) is -3.90. The van der Waals surface area contributed by atoms with Crippen LogP contribution < -0.4 is 15.4 Å². The molecule has 32 heavy (non-hydrogen) atoms. The van der Waals surface area contributed by atoms with Crippen LogP contribution in [0.1, 0.15) is 18.4 Å². The highest BCUT2D eigenvalue weighted by molar-refractivity contribution is 7.89. The number of nitrogens with one attached hydrogen (secondary N) is 1. The van der Waals surface area contributed by atoms with E-state index in [1.165, 1.54) is 24.3 Å². The number of carbonyl (C=O) groups excluding carboxylic acids is 3. The molecule has 4 heterocycles. The van der Waals surface area contributed by atoms with Gasteiger partial charge in [0.2, 0.25) is 27.7 Å². The first-order valence-electron chi connectivity index (χ1n) is 10.4. The molecule has 0 radical (unpaired) electrons. The van der Waals surface area contributed by atoms with E-state index in [-0.39, 0.29) is 28.4 Å². The molecule has 0 aromatic heterocycles. The lowest BCUT2D eigenvalue weighted by atomic mass is 9.75. The van der Waals surface area contributed by atoms with E-state index in [1.54, 1.807) is 0 Å². The van der Waals surface area contributed by atoms with Gasteiger partial charge in [-0.2, -0.15) is 0 Å². The first-order valence-corrected chi connectivity index (χ1v) is 12.0. The molecular weight excluding hydrogens is 432 g/mol. The number of carbonyl (C=O) groups is 3. The Morgan fingerprint density at radius 2 is 1.72 bits per heavy atom. The predicted octanol–water partition coefficient (Wildman–Crippen LogP) is 0.765. The van der Waals surface area contributed by atoms with Crippen molar-refractivity contribution in [1.82, 2.24) is 4.90 Å². The number of imide groups is 1. The van der Waals surface area contributed by atoms with Gasteiger partial charge >= 0.3 is 0 Å². The molecule has 1 spiro atoms. The zero-order chi connectivity index (χ0) is 22.4. The highest BCUT2D eigenvalue weighted by Gasteiger charge is 2.74. The number of hydrogen-bond donors (Lipinski definition) is 2. The summed E-state index contributed by atoms with van der Waals surface area (Å²) in [6.45, 7) is 0.642. The Kier molecular flexibility index (Phi) is 3.82. The Morgan fingerprint density at radius 1 is 1.00 bits per heavy atom. The normalized spacial score (nSPS) is 31.2. The van der Waals surface area contributed by atoms with Gasteiger partial charge in [0.25, 0.3) is 0 Å². The van der Waals surface area contributed by atoms with Crippen LogP contribution in [0.4, 0.5) is 11.4 Å². The van der Waals surface area contributed by atoms with Gasteiger partial charge in [0, 0.05) is 17.3 Å². The molecule has 3 N–H and O–H groups in total. The molecule has 6 rings (SSSR count). The molecule has 3 fully saturated rings. The number of benzene rings is 2. The Labute approximate surface area is 184 Å². The van der Waals surface area contributed by atoms with Crippen LogP contribution in [0.2, 0.25) is 0 Å². The molecule has 3 saturated heterocycles. The molecule has 0 aliphatic carbocycles. The smallest absolute Gasteiger partial charge is 0.250 e. The first-order chi connectivity index (χ1) is 15.3. The van der Waals surface area contributed by atoms with Crippen LogP contribution in [-0.2, 0) is 29.9 Å². The molecular formula is C22H20N4O5S. The van der Waals surface area contributed by atoms with Crippen molar-refractivity contribution in [2.75, 3.05) is 16.8 Å². The monoisotopic (exact) mass is 452 g/mol. The van der Waals surface area contributed by atoms with Gasteiger partial charge in [-0.1, -0.05) is 18.2 Å². The number of rotatable bonds is 2. The van der Waals surface area contributed by atoms with Gasteiger partial charge in [-0.05, 0) is 49.7 Å². The minimum absolute atomic E-state index is 0.108. The fourth-order valence-electron chi connectivity index (χ4n) is 6.20. The number of nitrogens with zero attached hydrogens (tertiary/aromatic N) is 2. The largest absolute Gasteiger partial charge is 0.324 e. The molecule has 0 bridgehead atoms. The minimum atomic E-state index is -3.90. The average molecular weight is 452 g/mol. The van der Waals surface area contributed by atoms with Crippen molar-refractivity contribution in [3.63, 3.8) is 0 Å². The van der Waals surface area contributed by atoms with Gasteiger partial charge < -0.3 is 5.32 Å². The maximum atomic E-state index is 13.8. The number of hydrogen-bond acceptors (Lipinski definition) is 6. The Balaban J connectivity index is 1.50. The Hall–Kier alpha value is -3.08. The molecule has 10 heteroatoms. The molecule has 4 aliphatic rings. The van der Waals surface area contributed by atoms with Crippen LogP contribution in [-0.4, -0.2) is 43.6 Å². The van der Waals surface area contributed by atoms with Gasteiger partial charge in [-0.15, -0.1) is 0 Å². The molecule has 164 valence electrons. The second-order valence-electron chi connectivity index (χ2n) is 8.72. The summed E-state index contributed by atoms with van der Waals surface area (Å²) in [6, 6.07) is 12.5. The van der Waals surface area contributed by atoms with Gasteiger partial charge in [0.15, 0.2) is 0 Å². The number of amides is 3. The summed E-state index contributed by atoms with van der Waals surface area (Å²) >= 11 is 0. The summed E-state index contributed by atoms with van der Waals surface area (Å²) < 4.78 is 23.2. The van der Waals surface area contributed by atoms with Gasteiger partial charge in [-0.3, -0.25) is 19.3 Å². The van der Waals surface area contributed by atoms with Crippen molar-refractivity contribution in [2.45, 2.75) is 29.3 Å². The SMILES string of the molecule is NS(=O)(=O)c1ccc(N2C(=O)[C@H]3[C@@H](C2=O)[C@]2(C(=O)Nc4ccccc42)N2CCC[C@@H]32)cc1. The van der Waals surface area contributed by atoms with E-state index in [0.29, 0.717) is 12.2 Å². The van der Waals surface area contributed by atoms with Crippen molar-refractivity contribution >= 4 is 39.1 Å². The summed E-state index contributed by atoms with van der Waals surface area (Å²) in [5.41, 5.74) is 0.454. The molecule has 9 nitrogen and oxygen atoms in total. The predicted molar refractivity (Wildman–Crippen MR) is 114 cm³/mol. The fraction of sp³-hybridized carbons (Fsp3) is 0.318. The number of nitrogens with two attached hydrogens (primary N) is 1. The van der Waals surface area contributed by atoms with Crippen LogP contribution in [0.5, 0.6) is 0 Å². The fourth-order valence-corrected chi connectivity index (χ4v) is 6.71. The van der Waals surface area contributed by atoms with E-state index in [1.807, 2.05) is 24.3 Å². The zero-order valence-corrected chi connectivity index (χ0v) is 17.7. The number of fused-ring (bicyclic) bond motifs is 7. The van der Waals surface area contributed by atoms with E-state index in [0.717, 1.165) is 23.3 Å². The number of para-hydroxylation sites is 1. The van der Waals surface area contributed by atoms with Crippen molar-refractivity contribution in [3.8, 4) is 0 Å². The average Bonchev–Trinajstić information content (AvgIpc) is 3.46. The highest BCUT2D eigenvalue weighted by Crippen LogP contribution is 2.60. The lowest BCUT2D eigenvalue weighted by Gasteiger charge is -2.36. The van der Waals surface area contributed by atoms with Gasteiger partial charge in [0.1, 0.15) is 5.54 Å². The van der Waals surface area contributed by atoms with Crippen molar-refractivity contribution in [3.05, 3.63) is 54.1 Å². The van der Waals surface area contributed by atoms with Crippen LogP contribution in [0.3, 0.4) is 0 Å². The van der Waals surface area contributed by atoms with Crippen molar-refractivity contribution in [1.29, 1.82) is 0 Å². The van der Waals surface area contributed by atoms with Crippen molar-refractivity contribution < 1.29 is 22.8 Å². The topological polar surface area (TPSA) is 130 Å². The minimum Gasteiger partial charge on any atom is -0.324 e. The summed E-state index contributed by atoms with van der Waals surface area (Å²) in [6.07, 6.45) is 1.57. The second-order valence-corrected chi connectivity index (χ2v) is 10.3. The molecule has 4 atom stereocenters. The molecule has 4 aliphatic heterocycles. The summed E-state index contributed by atoms with van der Waals surface area (Å²) in [5.74, 6) is -2.55. The lowest BCUT2D eigenvalue weighted by molar-refractivity contribution is -0.135. The maximum Gasteiger partial charge on any atom is 0.250 e. The summed E-state index contributed by atoms with van der Waals surface area (Å²) in [4.78, 5) is 43.9. The Morgan fingerprint density at radius 3 is 2.44 bits per heavy atom. The molecule has 0 saturated carbocycles. The second kappa shape index (κ2) is 6.25. The first kappa shape index (κ1) is 19.6. The third-order valence-electron chi connectivity index (χ3n) is 7.32. The van der Waals surface area contributed by atoms with Crippen LogP contribution >= 0.6 is 0 Å². The third kappa shape index (κ3) is 2.24. The number of primary sulfonamides is 1. The van der Waals surface area contributed by atoms with E-state index in [2.05, 4.69) is 10.2 Å². The standard InChI is InChI=1S/C22H20N4O5S/c23-32(30,31)13-9-7-12(8-10-13)26-19(27)17-16-6-3-11-25(16)22(18(17)20(26)28)14-4-1-2-5-15(14)24-21(22)29/h1-2,4-5,7-10,16-18H,3,6,11H2,(H,24,29)(H2,23,30,31)/t16-,17+,18-,22+/m0/s1. The van der Waals surface area contributed by atoms with Crippen LogP contribution in [0.15, 0.2) is 53.4 Å². The van der Waals surface area contributed by atoms with E-state index in [4.69, 9.17) is 5.14 Å². The summed E-state index contributed by atoms with van der Waals surface area (Å²) in [5, 5.41) is 8.09. The molecule has 0 unspecified atom stereocenters. The van der Waals surface area contributed by atoms with Crippen LogP contribution in [0.25, 0.3) is 0 Å². The van der Waals surface area contributed by atoms with E-state index in [9.17, 15) is 22.8 Å². The maximum absolute atomic E-state index is 13.8. The van der Waals surface area contributed by atoms with Gasteiger partial charge in [-0.25, -0.2) is 18.5 Å². The Bertz CT molecular complexity index is 1310.